The normalized spacial score (nSPS) is 15.3. The van der Waals surface area contributed by atoms with Crippen LogP contribution < -0.4 is 10.6 Å². The molecule has 1 heterocycles. The van der Waals surface area contributed by atoms with Crippen molar-refractivity contribution >= 4 is 22.4 Å². The molecule has 0 saturated heterocycles. The van der Waals surface area contributed by atoms with Gasteiger partial charge in [-0.1, -0.05) is 0 Å². The Bertz CT molecular complexity index is 534. The smallest absolute Gasteiger partial charge is 0.139 e. The molecule has 1 aromatic carbocycles. The first-order valence-electron chi connectivity index (χ1n) is 5.49. The lowest BCUT2D eigenvalue weighted by molar-refractivity contribution is 0.894. The summed E-state index contributed by atoms with van der Waals surface area (Å²) in [4.78, 5) is 10.8. The molecule has 82 valence electrons. The van der Waals surface area contributed by atoms with E-state index in [1.54, 1.807) is 6.33 Å². The lowest BCUT2D eigenvalue weighted by Crippen LogP contribution is -2.21. The number of aromatic nitrogens is 2. The minimum Gasteiger partial charge on any atom is -0.399 e. The third-order valence-corrected chi connectivity index (χ3v) is 3.07. The summed E-state index contributed by atoms with van der Waals surface area (Å²) in [7, 11) is 2.09. The summed E-state index contributed by atoms with van der Waals surface area (Å²) >= 11 is 0. The number of fused-ring (bicyclic) bond motifs is 1. The summed E-state index contributed by atoms with van der Waals surface area (Å²) in [6.07, 6.45) is 4.13. The minimum atomic E-state index is 0.638. The topological polar surface area (TPSA) is 55.0 Å². The standard InChI is InChI=1S/C12H14N4/c1-16(9-3-4-9)12-10-6-8(13)2-5-11(10)14-7-15-12/h2,5-7,9H,3-4,13H2,1H3. The van der Waals surface area contributed by atoms with Crippen LogP contribution in [-0.2, 0) is 0 Å². The largest absolute Gasteiger partial charge is 0.399 e. The van der Waals surface area contributed by atoms with Crippen LogP contribution in [0.4, 0.5) is 11.5 Å². The van der Waals surface area contributed by atoms with Crippen LogP contribution in [0.25, 0.3) is 10.9 Å². The van der Waals surface area contributed by atoms with Crippen molar-refractivity contribution in [3.63, 3.8) is 0 Å². The number of anilines is 2. The average Bonchev–Trinajstić information content (AvgIpc) is 3.11. The molecule has 1 aromatic heterocycles. The van der Waals surface area contributed by atoms with Gasteiger partial charge in [0.25, 0.3) is 0 Å². The number of hydrogen-bond donors (Lipinski definition) is 1. The van der Waals surface area contributed by atoms with E-state index < -0.39 is 0 Å². The molecule has 0 atom stereocenters. The second-order valence-corrected chi connectivity index (χ2v) is 4.32. The Kier molecular flexibility index (Phi) is 1.96. The van der Waals surface area contributed by atoms with Gasteiger partial charge < -0.3 is 10.6 Å². The molecule has 2 N–H and O–H groups in total. The van der Waals surface area contributed by atoms with Crippen LogP contribution >= 0.6 is 0 Å². The first-order valence-corrected chi connectivity index (χ1v) is 5.49. The van der Waals surface area contributed by atoms with Crippen LogP contribution in [0.3, 0.4) is 0 Å². The molecule has 0 radical (unpaired) electrons. The quantitative estimate of drug-likeness (QED) is 0.775. The number of nitrogens with zero attached hydrogens (tertiary/aromatic N) is 3. The fourth-order valence-corrected chi connectivity index (χ4v) is 1.98. The van der Waals surface area contributed by atoms with E-state index in [9.17, 15) is 0 Å². The number of rotatable bonds is 2. The van der Waals surface area contributed by atoms with Crippen molar-refractivity contribution in [2.24, 2.45) is 0 Å². The van der Waals surface area contributed by atoms with E-state index in [0.29, 0.717) is 6.04 Å². The van der Waals surface area contributed by atoms with E-state index in [4.69, 9.17) is 5.73 Å². The van der Waals surface area contributed by atoms with Crippen molar-refractivity contribution < 1.29 is 0 Å². The third kappa shape index (κ3) is 1.46. The maximum absolute atomic E-state index is 5.81. The van der Waals surface area contributed by atoms with Crippen LogP contribution in [-0.4, -0.2) is 23.1 Å². The summed E-state index contributed by atoms with van der Waals surface area (Å²) in [6.45, 7) is 0. The number of hydrogen-bond acceptors (Lipinski definition) is 4. The molecule has 16 heavy (non-hydrogen) atoms. The molecule has 3 rings (SSSR count). The van der Waals surface area contributed by atoms with E-state index in [1.807, 2.05) is 18.2 Å². The molecule has 0 bridgehead atoms. The highest BCUT2D eigenvalue weighted by atomic mass is 15.2. The zero-order chi connectivity index (χ0) is 11.1. The SMILES string of the molecule is CN(c1ncnc2ccc(N)cc12)C1CC1. The fraction of sp³-hybridized carbons (Fsp3) is 0.333. The van der Waals surface area contributed by atoms with Gasteiger partial charge in [-0.2, -0.15) is 0 Å². The van der Waals surface area contributed by atoms with Crippen molar-refractivity contribution in [1.82, 2.24) is 9.97 Å². The van der Waals surface area contributed by atoms with Crippen LogP contribution in [0.2, 0.25) is 0 Å². The van der Waals surface area contributed by atoms with Gasteiger partial charge in [0.05, 0.1) is 5.52 Å². The zero-order valence-electron chi connectivity index (χ0n) is 9.22. The molecule has 4 nitrogen and oxygen atoms in total. The molecule has 2 aromatic rings. The second-order valence-electron chi connectivity index (χ2n) is 4.32. The van der Waals surface area contributed by atoms with Gasteiger partial charge in [0, 0.05) is 24.2 Å². The van der Waals surface area contributed by atoms with Gasteiger partial charge in [0.2, 0.25) is 0 Å². The van der Waals surface area contributed by atoms with Crippen molar-refractivity contribution in [3.05, 3.63) is 24.5 Å². The molecule has 0 amide bonds. The summed E-state index contributed by atoms with van der Waals surface area (Å²) < 4.78 is 0. The molecule has 0 spiro atoms. The number of benzene rings is 1. The van der Waals surface area contributed by atoms with Gasteiger partial charge in [0.15, 0.2) is 0 Å². The highest BCUT2D eigenvalue weighted by Crippen LogP contribution is 2.32. The summed E-state index contributed by atoms with van der Waals surface area (Å²) in [5.41, 5.74) is 7.52. The van der Waals surface area contributed by atoms with E-state index in [0.717, 1.165) is 22.4 Å². The predicted molar refractivity (Wildman–Crippen MR) is 65.4 cm³/mol. The van der Waals surface area contributed by atoms with Crippen molar-refractivity contribution in [2.75, 3.05) is 17.7 Å². The summed E-state index contributed by atoms with van der Waals surface area (Å²) in [5.74, 6) is 0.986. The first kappa shape index (κ1) is 9.39. The maximum atomic E-state index is 5.81. The molecular weight excluding hydrogens is 200 g/mol. The van der Waals surface area contributed by atoms with Gasteiger partial charge in [-0.05, 0) is 31.0 Å². The van der Waals surface area contributed by atoms with Crippen molar-refractivity contribution in [3.8, 4) is 0 Å². The van der Waals surface area contributed by atoms with E-state index >= 15 is 0 Å². The molecule has 1 aliphatic carbocycles. The highest BCUT2D eigenvalue weighted by molar-refractivity contribution is 5.91. The number of nitrogen functional groups attached to an aromatic ring is 1. The van der Waals surface area contributed by atoms with E-state index in [1.165, 1.54) is 12.8 Å². The molecule has 1 aliphatic rings. The van der Waals surface area contributed by atoms with Gasteiger partial charge in [-0.3, -0.25) is 0 Å². The Labute approximate surface area is 94.1 Å². The van der Waals surface area contributed by atoms with Gasteiger partial charge >= 0.3 is 0 Å². The molecule has 0 aliphatic heterocycles. The maximum Gasteiger partial charge on any atom is 0.139 e. The van der Waals surface area contributed by atoms with Gasteiger partial charge in [0.1, 0.15) is 12.1 Å². The monoisotopic (exact) mass is 214 g/mol. The van der Waals surface area contributed by atoms with E-state index in [2.05, 4.69) is 21.9 Å². The lowest BCUT2D eigenvalue weighted by Gasteiger charge is -2.18. The minimum absolute atomic E-state index is 0.638. The predicted octanol–water partition coefficient (Wildman–Crippen LogP) is 1.81. The molecule has 4 heteroatoms. The molecule has 1 fully saturated rings. The van der Waals surface area contributed by atoms with E-state index in [-0.39, 0.29) is 0 Å². The Hall–Kier alpha value is -1.84. The third-order valence-electron chi connectivity index (χ3n) is 3.07. The molecule has 0 unspecified atom stereocenters. The lowest BCUT2D eigenvalue weighted by atomic mass is 10.2. The zero-order valence-corrected chi connectivity index (χ0v) is 9.22. The van der Waals surface area contributed by atoms with Gasteiger partial charge in [-0.25, -0.2) is 9.97 Å². The number of nitrogens with two attached hydrogens (primary N) is 1. The average molecular weight is 214 g/mol. The highest BCUT2D eigenvalue weighted by Gasteiger charge is 2.28. The Morgan fingerprint density at radius 1 is 1.31 bits per heavy atom. The van der Waals surface area contributed by atoms with Crippen LogP contribution in [0.1, 0.15) is 12.8 Å². The summed E-state index contributed by atoms with van der Waals surface area (Å²) in [6, 6.07) is 6.40. The molecular formula is C12H14N4. The van der Waals surface area contributed by atoms with Crippen LogP contribution in [0.5, 0.6) is 0 Å². The Balaban J connectivity index is 2.18. The molecule has 1 saturated carbocycles. The van der Waals surface area contributed by atoms with Crippen LogP contribution in [0.15, 0.2) is 24.5 Å². The van der Waals surface area contributed by atoms with Crippen molar-refractivity contribution in [2.45, 2.75) is 18.9 Å². The second kappa shape index (κ2) is 3.33. The fourth-order valence-electron chi connectivity index (χ4n) is 1.98. The Morgan fingerprint density at radius 2 is 2.12 bits per heavy atom. The Morgan fingerprint density at radius 3 is 2.88 bits per heavy atom. The first-order chi connectivity index (χ1) is 7.75. The van der Waals surface area contributed by atoms with Crippen LogP contribution in [0, 0.1) is 0 Å². The summed E-state index contributed by atoms with van der Waals surface area (Å²) in [5, 5.41) is 1.04. The van der Waals surface area contributed by atoms with Crippen molar-refractivity contribution in [1.29, 1.82) is 0 Å². The van der Waals surface area contributed by atoms with Gasteiger partial charge in [-0.15, -0.1) is 0 Å².